The Hall–Kier alpha value is -1.98. The number of nitrogens with zero attached hydrogens (tertiary/aromatic N) is 1. The molecule has 1 unspecified atom stereocenters. The first-order valence-corrected chi connectivity index (χ1v) is 4.99. The van der Waals surface area contributed by atoms with Crippen LogP contribution >= 0.6 is 0 Å². The molecule has 0 aromatic heterocycles. The lowest BCUT2D eigenvalue weighted by Gasteiger charge is -2.21. The van der Waals surface area contributed by atoms with Crippen molar-refractivity contribution in [2.75, 3.05) is 5.73 Å². The number of alkyl halides is 2. The van der Waals surface area contributed by atoms with Crippen molar-refractivity contribution in [3.05, 3.63) is 29.3 Å². The van der Waals surface area contributed by atoms with Gasteiger partial charge in [0.2, 0.25) is 0 Å². The molecule has 1 aliphatic heterocycles. The highest BCUT2D eigenvalue weighted by atomic mass is 19.3. The van der Waals surface area contributed by atoms with Crippen LogP contribution in [0.25, 0.3) is 0 Å². The molecule has 4 nitrogen and oxygen atoms in total. The largest absolute Gasteiger partial charge is 0.398 e. The van der Waals surface area contributed by atoms with E-state index >= 15 is 0 Å². The Morgan fingerprint density at radius 3 is 2.41 bits per heavy atom. The van der Waals surface area contributed by atoms with Crippen molar-refractivity contribution >= 4 is 17.5 Å². The van der Waals surface area contributed by atoms with Gasteiger partial charge >= 0.3 is 0 Å². The third kappa shape index (κ3) is 1.56. The summed E-state index contributed by atoms with van der Waals surface area (Å²) in [7, 11) is 0. The SMILES string of the molecule is CC(C(F)F)N1C(=O)c2cccc(N)c2C1=O. The van der Waals surface area contributed by atoms with E-state index in [1.54, 1.807) is 0 Å². The van der Waals surface area contributed by atoms with Crippen LogP contribution in [0.3, 0.4) is 0 Å². The highest BCUT2D eigenvalue weighted by Gasteiger charge is 2.42. The molecular formula is C11H10F2N2O2. The number of carbonyl (C=O) groups is 2. The molecule has 6 heteroatoms. The molecule has 0 saturated heterocycles. The maximum Gasteiger partial charge on any atom is 0.264 e. The number of hydrogen-bond donors (Lipinski definition) is 1. The number of carbonyl (C=O) groups excluding carboxylic acids is 2. The Labute approximate surface area is 96.0 Å². The zero-order valence-electron chi connectivity index (χ0n) is 8.98. The molecule has 1 heterocycles. The van der Waals surface area contributed by atoms with Crippen LogP contribution in [-0.4, -0.2) is 29.2 Å². The smallest absolute Gasteiger partial charge is 0.264 e. The molecule has 1 atom stereocenters. The maximum atomic E-state index is 12.6. The van der Waals surface area contributed by atoms with Crippen molar-refractivity contribution in [1.82, 2.24) is 4.90 Å². The van der Waals surface area contributed by atoms with E-state index in [9.17, 15) is 18.4 Å². The van der Waals surface area contributed by atoms with Gasteiger partial charge in [0.25, 0.3) is 18.2 Å². The van der Waals surface area contributed by atoms with E-state index in [-0.39, 0.29) is 16.8 Å². The molecule has 0 spiro atoms. The molecule has 2 amide bonds. The number of amides is 2. The molecule has 0 bridgehead atoms. The molecule has 1 aromatic carbocycles. The number of imide groups is 1. The Bertz CT molecular complexity index is 502. The van der Waals surface area contributed by atoms with Crippen molar-refractivity contribution in [3.63, 3.8) is 0 Å². The van der Waals surface area contributed by atoms with Crippen molar-refractivity contribution < 1.29 is 18.4 Å². The fourth-order valence-electron chi connectivity index (χ4n) is 1.81. The zero-order chi connectivity index (χ0) is 12.7. The summed E-state index contributed by atoms with van der Waals surface area (Å²) < 4.78 is 25.1. The molecule has 1 aliphatic rings. The minimum absolute atomic E-state index is 0.0185. The second-order valence-electron chi connectivity index (χ2n) is 3.83. The van der Waals surface area contributed by atoms with Gasteiger partial charge in [0.05, 0.1) is 17.2 Å². The highest BCUT2D eigenvalue weighted by molar-refractivity contribution is 6.23. The highest BCUT2D eigenvalue weighted by Crippen LogP contribution is 2.30. The van der Waals surface area contributed by atoms with E-state index in [0.717, 1.165) is 6.92 Å². The topological polar surface area (TPSA) is 63.4 Å². The standard InChI is InChI=1S/C11H10F2N2O2/c1-5(9(12)13)15-10(16)6-3-2-4-7(14)8(6)11(15)17/h2-5,9H,14H2,1H3. The van der Waals surface area contributed by atoms with Crippen LogP contribution in [0.1, 0.15) is 27.6 Å². The number of benzene rings is 1. The number of hydrogen-bond acceptors (Lipinski definition) is 3. The molecule has 17 heavy (non-hydrogen) atoms. The number of nitrogens with two attached hydrogens (primary N) is 1. The van der Waals surface area contributed by atoms with Gasteiger partial charge in [0.15, 0.2) is 0 Å². The van der Waals surface area contributed by atoms with E-state index in [2.05, 4.69) is 0 Å². The summed E-state index contributed by atoms with van der Waals surface area (Å²) in [4.78, 5) is 24.2. The Morgan fingerprint density at radius 2 is 1.88 bits per heavy atom. The van der Waals surface area contributed by atoms with Gasteiger partial charge < -0.3 is 5.73 Å². The van der Waals surface area contributed by atoms with Gasteiger partial charge in [-0.05, 0) is 19.1 Å². The number of anilines is 1. The lowest BCUT2D eigenvalue weighted by atomic mass is 10.1. The molecule has 0 saturated carbocycles. The number of nitrogen functional groups attached to an aromatic ring is 1. The Morgan fingerprint density at radius 1 is 1.24 bits per heavy atom. The second-order valence-corrected chi connectivity index (χ2v) is 3.83. The summed E-state index contributed by atoms with van der Waals surface area (Å²) in [5, 5.41) is 0. The van der Waals surface area contributed by atoms with Crippen LogP contribution in [0.4, 0.5) is 14.5 Å². The van der Waals surface area contributed by atoms with E-state index < -0.39 is 24.3 Å². The molecule has 0 radical (unpaired) electrons. The van der Waals surface area contributed by atoms with Gasteiger partial charge in [0.1, 0.15) is 0 Å². The first-order chi connectivity index (χ1) is 7.95. The average molecular weight is 240 g/mol. The summed E-state index contributed by atoms with van der Waals surface area (Å²) in [6.07, 6.45) is -2.78. The maximum absolute atomic E-state index is 12.6. The third-order valence-electron chi connectivity index (χ3n) is 2.75. The summed E-state index contributed by atoms with van der Waals surface area (Å²) in [5.41, 5.74) is 5.81. The van der Waals surface area contributed by atoms with Crippen LogP contribution in [-0.2, 0) is 0 Å². The van der Waals surface area contributed by atoms with Crippen LogP contribution in [0.15, 0.2) is 18.2 Å². The summed E-state index contributed by atoms with van der Waals surface area (Å²) in [5.74, 6) is -1.47. The summed E-state index contributed by atoms with van der Waals surface area (Å²) >= 11 is 0. The second kappa shape index (κ2) is 3.80. The quantitative estimate of drug-likeness (QED) is 0.629. The predicted octanol–water partition coefficient (Wildman–Crippen LogP) is 1.52. The van der Waals surface area contributed by atoms with Gasteiger partial charge in [-0.1, -0.05) is 6.07 Å². The van der Waals surface area contributed by atoms with Crippen LogP contribution in [0.2, 0.25) is 0 Å². The summed E-state index contributed by atoms with van der Waals surface area (Å²) in [6, 6.07) is 2.92. The molecule has 1 aromatic rings. The number of halogens is 2. The van der Waals surface area contributed by atoms with Gasteiger partial charge in [-0.15, -0.1) is 0 Å². The molecule has 2 N–H and O–H groups in total. The third-order valence-corrected chi connectivity index (χ3v) is 2.75. The first kappa shape index (κ1) is 11.5. The normalized spacial score (nSPS) is 16.6. The number of fused-ring (bicyclic) bond motifs is 1. The first-order valence-electron chi connectivity index (χ1n) is 4.99. The van der Waals surface area contributed by atoms with E-state index in [1.165, 1.54) is 18.2 Å². The van der Waals surface area contributed by atoms with Gasteiger partial charge in [-0.3, -0.25) is 14.5 Å². The van der Waals surface area contributed by atoms with Crippen molar-refractivity contribution in [2.24, 2.45) is 0 Å². The Kier molecular flexibility index (Phi) is 2.57. The predicted molar refractivity (Wildman–Crippen MR) is 56.8 cm³/mol. The lowest BCUT2D eigenvalue weighted by Crippen LogP contribution is -2.42. The van der Waals surface area contributed by atoms with Crippen LogP contribution in [0.5, 0.6) is 0 Å². The van der Waals surface area contributed by atoms with Crippen LogP contribution in [0, 0.1) is 0 Å². The number of rotatable bonds is 2. The molecule has 0 aliphatic carbocycles. The van der Waals surface area contributed by atoms with E-state index in [0.29, 0.717) is 4.90 Å². The monoisotopic (exact) mass is 240 g/mol. The van der Waals surface area contributed by atoms with Gasteiger partial charge in [-0.2, -0.15) is 0 Å². The zero-order valence-corrected chi connectivity index (χ0v) is 8.98. The van der Waals surface area contributed by atoms with Gasteiger partial charge in [-0.25, -0.2) is 8.78 Å². The minimum atomic E-state index is -2.78. The van der Waals surface area contributed by atoms with Crippen molar-refractivity contribution in [2.45, 2.75) is 19.4 Å². The van der Waals surface area contributed by atoms with Crippen molar-refractivity contribution in [3.8, 4) is 0 Å². The molecule has 90 valence electrons. The molecular weight excluding hydrogens is 230 g/mol. The minimum Gasteiger partial charge on any atom is -0.398 e. The van der Waals surface area contributed by atoms with Crippen molar-refractivity contribution in [1.29, 1.82) is 0 Å². The van der Waals surface area contributed by atoms with E-state index in [1.807, 2.05) is 0 Å². The van der Waals surface area contributed by atoms with E-state index in [4.69, 9.17) is 5.73 Å². The van der Waals surface area contributed by atoms with Gasteiger partial charge in [0, 0.05) is 5.69 Å². The summed E-state index contributed by atoms with van der Waals surface area (Å²) in [6.45, 7) is 1.13. The fourth-order valence-corrected chi connectivity index (χ4v) is 1.81. The Balaban J connectivity index is 2.50. The fraction of sp³-hybridized carbons (Fsp3) is 0.273. The lowest BCUT2D eigenvalue weighted by molar-refractivity contribution is 0.0279. The molecule has 2 rings (SSSR count). The van der Waals surface area contributed by atoms with Crippen LogP contribution < -0.4 is 5.73 Å². The molecule has 0 fully saturated rings. The average Bonchev–Trinajstić information content (AvgIpc) is 2.52.